The summed E-state index contributed by atoms with van der Waals surface area (Å²) in [6, 6.07) is 0. The van der Waals surface area contributed by atoms with Crippen molar-refractivity contribution < 1.29 is 28.2 Å². The number of alkyl halides is 2. The minimum Gasteiger partial charge on any atom is -0.449 e. The summed E-state index contributed by atoms with van der Waals surface area (Å²) in [7, 11) is 1.11. The second kappa shape index (κ2) is 6.29. The number of hydrogen-bond acceptors (Lipinski definition) is 4. The van der Waals surface area contributed by atoms with Crippen LogP contribution >= 0.6 is 0 Å². The molecular weight excluding hydrogens is 248 g/mol. The van der Waals surface area contributed by atoms with Crippen molar-refractivity contribution in [1.29, 1.82) is 0 Å². The first-order valence-corrected chi connectivity index (χ1v) is 5.92. The molecule has 0 radical (unpaired) electrons. The van der Waals surface area contributed by atoms with Crippen molar-refractivity contribution in [2.75, 3.05) is 26.8 Å². The minimum absolute atomic E-state index is 0.196. The van der Waals surface area contributed by atoms with Crippen molar-refractivity contribution in [2.24, 2.45) is 0 Å². The third kappa shape index (κ3) is 3.52. The number of amides is 1. The lowest BCUT2D eigenvalue weighted by molar-refractivity contribution is -0.199. The Morgan fingerprint density at radius 1 is 1.56 bits per heavy atom. The van der Waals surface area contributed by atoms with Gasteiger partial charge in [0.1, 0.15) is 12.2 Å². The third-order valence-electron chi connectivity index (χ3n) is 2.81. The zero-order chi connectivity index (χ0) is 13.8. The standard InChI is InChI=1S/C11H19F2NO4/c1-3-4-5-18-10(16)14-6-8(15)9(17-2)11(12,13)7-14/h8-9,15H,3-7H2,1-2H3/t8-,9-/m0/s1. The maximum absolute atomic E-state index is 13.6. The van der Waals surface area contributed by atoms with Gasteiger partial charge in [0.25, 0.3) is 5.92 Å². The normalized spacial score (nSPS) is 27.1. The molecule has 1 heterocycles. The van der Waals surface area contributed by atoms with E-state index in [0.29, 0.717) is 6.42 Å². The Bertz CT molecular complexity index is 288. The summed E-state index contributed by atoms with van der Waals surface area (Å²) >= 11 is 0. The minimum atomic E-state index is -3.28. The number of rotatable bonds is 4. The number of nitrogens with zero attached hydrogens (tertiary/aromatic N) is 1. The molecular formula is C11H19F2NO4. The third-order valence-corrected chi connectivity index (χ3v) is 2.81. The van der Waals surface area contributed by atoms with Crippen molar-refractivity contribution in [1.82, 2.24) is 4.90 Å². The molecule has 1 amide bonds. The van der Waals surface area contributed by atoms with Crippen LogP contribution < -0.4 is 0 Å². The van der Waals surface area contributed by atoms with Crippen LogP contribution in [0.2, 0.25) is 0 Å². The number of piperidine rings is 1. The van der Waals surface area contributed by atoms with E-state index in [4.69, 9.17) is 4.74 Å². The summed E-state index contributed by atoms with van der Waals surface area (Å²) in [5, 5.41) is 9.54. The van der Waals surface area contributed by atoms with Crippen LogP contribution in [-0.4, -0.2) is 61.0 Å². The van der Waals surface area contributed by atoms with Gasteiger partial charge in [0, 0.05) is 7.11 Å². The van der Waals surface area contributed by atoms with Crippen LogP contribution in [0.5, 0.6) is 0 Å². The topological polar surface area (TPSA) is 59.0 Å². The highest BCUT2D eigenvalue weighted by Crippen LogP contribution is 2.29. The number of methoxy groups -OCH3 is 1. The van der Waals surface area contributed by atoms with Gasteiger partial charge in [-0.1, -0.05) is 13.3 Å². The van der Waals surface area contributed by atoms with Gasteiger partial charge >= 0.3 is 6.09 Å². The highest BCUT2D eigenvalue weighted by Gasteiger charge is 2.51. The van der Waals surface area contributed by atoms with Gasteiger partial charge in [-0.15, -0.1) is 0 Å². The molecule has 0 unspecified atom stereocenters. The van der Waals surface area contributed by atoms with Gasteiger partial charge in [-0.2, -0.15) is 0 Å². The number of hydrogen-bond donors (Lipinski definition) is 1. The maximum Gasteiger partial charge on any atom is 0.410 e. The van der Waals surface area contributed by atoms with Gasteiger partial charge in [-0.05, 0) is 6.42 Å². The predicted molar refractivity (Wildman–Crippen MR) is 59.6 cm³/mol. The van der Waals surface area contributed by atoms with Crippen LogP contribution in [0.3, 0.4) is 0 Å². The average Bonchev–Trinajstić information content (AvgIpc) is 2.27. The van der Waals surface area contributed by atoms with E-state index in [1.54, 1.807) is 0 Å². The molecule has 1 saturated heterocycles. The fourth-order valence-electron chi connectivity index (χ4n) is 1.88. The maximum atomic E-state index is 13.6. The average molecular weight is 267 g/mol. The van der Waals surface area contributed by atoms with E-state index >= 15 is 0 Å². The quantitative estimate of drug-likeness (QED) is 0.779. The smallest absolute Gasteiger partial charge is 0.410 e. The number of aliphatic hydroxyl groups excluding tert-OH is 1. The molecule has 0 aromatic rings. The lowest BCUT2D eigenvalue weighted by Gasteiger charge is -2.39. The molecule has 0 aromatic heterocycles. The van der Waals surface area contributed by atoms with Gasteiger partial charge in [0.2, 0.25) is 0 Å². The van der Waals surface area contributed by atoms with Crippen molar-refractivity contribution in [2.45, 2.75) is 37.9 Å². The zero-order valence-corrected chi connectivity index (χ0v) is 10.6. The summed E-state index contributed by atoms with van der Waals surface area (Å²) in [6.45, 7) is 1.11. The molecule has 0 spiro atoms. The Morgan fingerprint density at radius 2 is 2.22 bits per heavy atom. The lowest BCUT2D eigenvalue weighted by Crippen LogP contribution is -2.61. The summed E-state index contributed by atoms with van der Waals surface area (Å²) < 4.78 is 36.6. The molecule has 7 heteroatoms. The van der Waals surface area contributed by atoms with E-state index in [0.717, 1.165) is 18.4 Å². The van der Waals surface area contributed by atoms with Crippen LogP contribution in [0.4, 0.5) is 13.6 Å². The first-order chi connectivity index (χ1) is 8.42. The molecule has 1 fully saturated rings. The van der Waals surface area contributed by atoms with Crippen LogP contribution in [0.1, 0.15) is 19.8 Å². The van der Waals surface area contributed by atoms with E-state index < -0.39 is 30.8 Å². The molecule has 1 aliphatic heterocycles. The van der Waals surface area contributed by atoms with E-state index in [9.17, 15) is 18.7 Å². The number of ether oxygens (including phenoxy) is 2. The van der Waals surface area contributed by atoms with Crippen molar-refractivity contribution >= 4 is 6.09 Å². The highest BCUT2D eigenvalue weighted by molar-refractivity contribution is 5.68. The van der Waals surface area contributed by atoms with Crippen LogP contribution in [-0.2, 0) is 9.47 Å². The Morgan fingerprint density at radius 3 is 2.72 bits per heavy atom. The van der Waals surface area contributed by atoms with Gasteiger partial charge in [-0.3, -0.25) is 4.90 Å². The Hall–Kier alpha value is -0.950. The second-order valence-electron chi connectivity index (χ2n) is 4.33. The Balaban J connectivity index is 2.57. The van der Waals surface area contributed by atoms with E-state index in [2.05, 4.69) is 4.74 Å². The second-order valence-corrected chi connectivity index (χ2v) is 4.33. The molecule has 0 aliphatic carbocycles. The summed E-state index contributed by atoms with van der Waals surface area (Å²) in [5.74, 6) is -3.28. The molecule has 1 N–H and O–H groups in total. The molecule has 0 aromatic carbocycles. The van der Waals surface area contributed by atoms with E-state index in [1.165, 1.54) is 0 Å². The molecule has 1 aliphatic rings. The molecule has 0 saturated carbocycles. The number of aliphatic hydroxyl groups is 1. The van der Waals surface area contributed by atoms with Crippen LogP contribution in [0, 0.1) is 0 Å². The van der Waals surface area contributed by atoms with Gasteiger partial charge in [0.15, 0.2) is 0 Å². The van der Waals surface area contributed by atoms with Gasteiger partial charge in [0.05, 0.1) is 19.7 Å². The molecule has 18 heavy (non-hydrogen) atoms. The summed E-state index contributed by atoms with van der Waals surface area (Å²) in [5.41, 5.74) is 0. The number of carbonyl (C=O) groups excluding carboxylic acids is 1. The fraction of sp³-hybridized carbons (Fsp3) is 0.909. The van der Waals surface area contributed by atoms with Gasteiger partial charge in [-0.25, -0.2) is 13.6 Å². The lowest BCUT2D eigenvalue weighted by atomic mass is 10.0. The largest absolute Gasteiger partial charge is 0.449 e. The summed E-state index contributed by atoms with van der Waals surface area (Å²) in [4.78, 5) is 12.3. The molecule has 5 nitrogen and oxygen atoms in total. The molecule has 106 valence electrons. The van der Waals surface area contributed by atoms with Crippen molar-refractivity contribution in [3.8, 4) is 0 Å². The molecule has 2 atom stereocenters. The van der Waals surface area contributed by atoms with Gasteiger partial charge < -0.3 is 14.6 Å². The predicted octanol–water partition coefficient (Wildman–Crippen LogP) is 1.25. The number of β-amino-alcohol motifs (C(OH)–C–C–N with tert-alkyl or cyclic N) is 1. The van der Waals surface area contributed by atoms with E-state index in [1.807, 2.05) is 6.92 Å². The SMILES string of the molecule is CCCCOC(=O)N1C[C@H](O)[C@H](OC)C(F)(F)C1. The number of unbranched alkanes of at least 4 members (excludes halogenated alkanes) is 1. The first kappa shape index (κ1) is 15.1. The van der Waals surface area contributed by atoms with E-state index in [-0.39, 0.29) is 13.2 Å². The van der Waals surface area contributed by atoms with Crippen LogP contribution in [0.15, 0.2) is 0 Å². The van der Waals surface area contributed by atoms with Crippen molar-refractivity contribution in [3.63, 3.8) is 0 Å². The van der Waals surface area contributed by atoms with Crippen LogP contribution in [0.25, 0.3) is 0 Å². The zero-order valence-electron chi connectivity index (χ0n) is 10.6. The Kier molecular flexibility index (Phi) is 5.28. The first-order valence-electron chi connectivity index (χ1n) is 5.92. The molecule has 0 bridgehead atoms. The highest BCUT2D eigenvalue weighted by atomic mass is 19.3. The fourth-order valence-corrected chi connectivity index (χ4v) is 1.88. The number of carbonyl (C=O) groups is 1. The Labute approximate surface area is 105 Å². The number of halogens is 2. The monoisotopic (exact) mass is 267 g/mol. The van der Waals surface area contributed by atoms with Crippen molar-refractivity contribution in [3.05, 3.63) is 0 Å². The number of likely N-dealkylation sites (tertiary alicyclic amines) is 1. The molecule has 1 rings (SSSR count). The summed E-state index contributed by atoms with van der Waals surface area (Å²) in [6.07, 6.45) is -2.30.